The second kappa shape index (κ2) is 3.40. The molecule has 1 aromatic rings. The molecule has 0 saturated heterocycles. The number of ether oxygens (including phenoxy) is 1. The molecule has 1 aromatic carbocycles. The van der Waals surface area contributed by atoms with Gasteiger partial charge < -0.3 is 14.9 Å². The van der Waals surface area contributed by atoms with Crippen molar-refractivity contribution >= 4 is 11.6 Å². The molecule has 1 aliphatic carbocycles. The third-order valence-corrected chi connectivity index (χ3v) is 2.42. The summed E-state index contributed by atoms with van der Waals surface area (Å²) in [7, 11) is 0. The second-order valence-electron chi connectivity index (χ2n) is 3.47. The number of fused-ring (bicyclic) bond motifs is 1. The summed E-state index contributed by atoms with van der Waals surface area (Å²) in [5.41, 5.74) is -0.000553. The first kappa shape index (κ1) is 10.8. The van der Waals surface area contributed by atoms with Gasteiger partial charge >= 0.3 is 0 Å². The molecule has 84 valence electrons. The van der Waals surface area contributed by atoms with Gasteiger partial charge in [-0.15, -0.1) is 0 Å². The van der Waals surface area contributed by atoms with Crippen LogP contribution in [0.25, 0.3) is 0 Å². The van der Waals surface area contributed by atoms with Crippen molar-refractivity contribution in [2.45, 2.75) is 12.7 Å². The largest absolute Gasteiger partial charge is 0.494 e. The van der Waals surface area contributed by atoms with E-state index >= 15 is 0 Å². The van der Waals surface area contributed by atoms with E-state index in [4.69, 9.17) is 4.74 Å². The molecule has 0 bridgehead atoms. The maximum atomic E-state index is 11.5. The minimum absolute atomic E-state index is 0.0125. The number of benzene rings is 1. The maximum Gasteiger partial charge on any atom is 0.295 e. The van der Waals surface area contributed by atoms with Gasteiger partial charge in [-0.1, -0.05) is 0 Å². The SMILES string of the molecule is CCOc1ccc2c(c1)C(=O)C(O)(O)C2=O. The zero-order chi connectivity index (χ0) is 11.9. The molecule has 2 N–H and O–H groups in total. The van der Waals surface area contributed by atoms with Crippen LogP contribution in [0, 0.1) is 0 Å². The number of Topliss-reactive ketones (excluding diaryl/α,β-unsaturated/α-hetero) is 2. The van der Waals surface area contributed by atoms with Crippen LogP contribution in [0.3, 0.4) is 0 Å². The molecule has 16 heavy (non-hydrogen) atoms. The molecule has 5 nitrogen and oxygen atoms in total. The summed E-state index contributed by atoms with van der Waals surface area (Å²) in [6.45, 7) is 2.20. The number of hydrogen-bond donors (Lipinski definition) is 2. The summed E-state index contributed by atoms with van der Waals surface area (Å²) in [6, 6.07) is 4.21. The van der Waals surface area contributed by atoms with E-state index in [1.807, 2.05) is 0 Å². The highest BCUT2D eigenvalue weighted by molar-refractivity contribution is 6.30. The van der Waals surface area contributed by atoms with Crippen molar-refractivity contribution in [1.29, 1.82) is 0 Å². The fraction of sp³-hybridized carbons (Fsp3) is 0.273. The van der Waals surface area contributed by atoms with Gasteiger partial charge in [0.05, 0.1) is 6.61 Å². The molecular weight excluding hydrogens is 212 g/mol. The van der Waals surface area contributed by atoms with Gasteiger partial charge in [-0.3, -0.25) is 9.59 Å². The Morgan fingerprint density at radius 3 is 2.44 bits per heavy atom. The van der Waals surface area contributed by atoms with Crippen molar-refractivity contribution in [1.82, 2.24) is 0 Å². The number of ketones is 2. The molecule has 0 atom stereocenters. The Balaban J connectivity index is 2.52. The Morgan fingerprint density at radius 1 is 1.19 bits per heavy atom. The van der Waals surface area contributed by atoms with Crippen LogP contribution >= 0.6 is 0 Å². The Kier molecular flexibility index (Phi) is 2.29. The fourth-order valence-corrected chi connectivity index (χ4v) is 1.64. The molecule has 0 aliphatic heterocycles. The van der Waals surface area contributed by atoms with Crippen molar-refractivity contribution in [2.75, 3.05) is 6.61 Å². The maximum absolute atomic E-state index is 11.5. The summed E-state index contributed by atoms with van der Waals surface area (Å²) in [5, 5.41) is 18.6. The molecule has 0 heterocycles. The summed E-state index contributed by atoms with van der Waals surface area (Å²) in [4.78, 5) is 22.9. The monoisotopic (exact) mass is 222 g/mol. The van der Waals surface area contributed by atoms with Crippen molar-refractivity contribution in [3.05, 3.63) is 29.3 Å². The molecule has 2 rings (SSSR count). The zero-order valence-corrected chi connectivity index (χ0v) is 8.56. The molecule has 0 unspecified atom stereocenters. The Bertz CT molecular complexity index is 475. The van der Waals surface area contributed by atoms with Crippen molar-refractivity contribution < 1.29 is 24.5 Å². The summed E-state index contributed by atoms with van der Waals surface area (Å²) < 4.78 is 5.16. The fourth-order valence-electron chi connectivity index (χ4n) is 1.64. The predicted molar refractivity (Wildman–Crippen MR) is 53.4 cm³/mol. The van der Waals surface area contributed by atoms with Gasteiger partial charge in [-0.2, -0.15) is 0 Å². The van der Waals surface area contributed by atoms with E-state index in [0.717, 1.165) is 0 Å². The lowest BCUT2D eigenvalue weighted by Crippen LogP contribution is -2.40. The number of aliphatic hydroxyl groups is 2. The Labute approximate surface area is 91.3 Å². The highest BCUT2D eigenvalue weighted by Gasteiger charge is 2.50. The third kappa shape index (κ3) is 1.33. The van der Waals surface area contributed by atoms with Crippen LogP contribution in [0.1, 0.15) is 27.6 Å². The van der Waals surface area contributed by atoms with Gasteiger partial charge in [-0.05, 0) is 25.1 Å². The number of hydrogen-bond acceptors (Lipinski definition) is 5. The van der Waals surface area contributed by atoms with Gasteiger partial charge in [0, 0.05) is 11.1 Å². The van der Waals surface area contributed by atoms with E-state index in [2.05, 4.69) is 0 Å². The first-order valence-corrected chi connectivity index (χ1v) is 4.79. The number of carbonyl (C=O) groups is 2. The summed E-state index contributed by atoms with van der Waals surface area (Å²) in [5.74, 6) is -4.50. The van der Waals surface area contributed by atoms with Gasteiger partial charge in [-0.25, -0.2) is 0 Å². The quantitative estimate of drug-likeness (QED) is 0.549. The van der Waals surface area contributed by atoms with E-state index in [-0.39, 0.29) is 11.1 Å². The highest BCUT2D eigenvalue weighted by Crippen LogP contribution is 2.31. The molecule has 1 aliphatic rings. The lowest BCUT2D eigenvalue weighted by Gasteiger charge is -2.08. The van der Waals surface area contributed by atoms with Crippen LogP contribution < -0.4 is 4.74 Å². The van der Waals surface area contributed by atoms with Crippen molar-refractivity contribution in [3.63, 3.8) is 0 Å². The second-order valence-corrected chi connectivity index (χ2v) is 3.47. The third-order valence-electron chi connectivity index (χ3n) is 2.42. The normalized spacial score (nSPS) is 17.4. The van der Waals surface area contributed by atoms with E-state index in [9.17, 15) is 19.8 Å². The minimum atomic E-state index is -2.92. The van der Waals surface area contributed by atoms with E-state index in [1.165, 1.54) is 18.2 Å². The van der Waals surface area contributed by atoms with Gasteiger partial charge in [0.15, 0.2) is 0 Å². The molecule has 0 spiro atoms. The number of carbonyl (C=O) groups excluding carboxylic acids is 2. The molecule has 0 aromatic heterocycles. The Morgan fingerprint density at radius 2 is 1.81 bits per heavy atom. The van der Waals surface area contributed by atoms with Crippen LogP contribution in [-0.2, 0) is 0 Å². The van der Waals surface area contributed by atoms with Crippen LogP contribution in [0.15, 0.2) is 18.2 Å². The van der Waals surface area contributed by atoms with E-state index in [0.29, 0.717) is 12.4 Å². The molecule has 5 heteroatoms. The van der Waals surface area contributed by atoms with Crippen molar-refractivity contribution in [2.24, 2.45) is 0 Å². The Hall–Kier alpha value is -1.72. The van der Waals surface area contributed by atoms with Crippen LogP contribution in [0.5, 0.6) is 5.75 Å². The topological polar surface area (TPSA) is 83.8 Å². The van der Waals surface area contributed by atoms with Gasteiger partial charge in [0.2, 0.25) is 11.6 Å². The first-order chi connectivity index (χ1) is 7.48. The molecular formula is C11H10O5. The standard InChI is InChI=1S/C11H10O5/c1-2-16-6-3-4-7-8(5-6)10(13)11(14,15)9(7)12/h3-5,14-15H,2H2,1H3. The lowest BCUT2D eigenvalue weighted by atomic mass is 10.1. The number of rotatable bonds is 2. The lowest BCUT2D eigenvalue weighted by molar-refractivity contribution is -0.0857. The van der Waals surface area contributed by atoms with Crippen LogP contribution in [-0.4, -0.2) is 34.2 Å². The van der Waals surface area contributed by atoms with Gasteiger partial charge in [0.1, 0.15) is 5.75 Å². The van der Waals surface area contributed by atoms with Crippen molar-refractivity contribution in [3.8, 4) is 5.75 Å². The predicted octanol–water partition coefficient (Wildman–Crippen LogP) is 0.145. The first-order valence-electron chi connectivity index (χ1n) is 4.79. The summed E-state index contributed by atoms with van der Waals surface area (Å²) >= 11 is 0. The van der Waals surface area contributed by atoms with E-state index < -0.39 is 17.4 Å². The van der Waals surface area contributed by atoms with Gasteiger partial charge in [0.25, 0.3) is 5.79 Å². The smallest absolute Gasteiger partial charge is 0.295 e. The average molecular weight is 222 g/mol. The molecule has 0 radical (unpaired) electrons. The summed E-state index contributed by atoms with van der Waals surface area (Å²) in [6.07, 6.45) is 0. The minimum Gasteiger partial charge on any atom is -0.494 e. The molecule has 0 saturated carbocycles. The molecule has 0 amide bonds. The average Bonchev–Trinajstić information content (AvgIpc) is 2.42. The zero-order valence-electron chi connectivity index (χ0n) is 8.56. The van der Waals surface area contributed by atoms with E-state index in [1.54, 1.807) is 6.92 Å². The van der Waals surface area contributed by atoms with Crippen LogP contribution in [0.4, 0.5) is 0 Å². The van der Waals surface area contributed by atoms with Crippen LogP contribution in [0.2, 0.25) is 0 Å². The molecule has 0 fully saturated rings. The highest BCUT2D eigenvalue weighted by atomic mass is 16.5.